The highest BCUT2D eigenvalue weighted by atomic mass is 16.5. The first-order valence-corrected chi connectivity index (χ1v) is 9.05. The standard InChI is InChI=1S/C22H20N4O3/c1-14-19(25-22-23-11-6-12-26(14)22)15-7-4-8-16(13-15)24-21(27)17-9-5-10-18(28-2)20(17)29-3/h4-13H,1-3H3,(H,24,27). The Labute approximate surface area is 168 Å². The number of amides is 1. The smallest absolute Gasteiger partial charge is 0.259 e. The number of nitrogens with zero attached hydrogens (tertiary/aromatic N) is 3. The van der Waals surface area contributed by atoms with E-state index in [0.717, 1.165) is 17.0 Å². The number of para-hydroxylation sites is 1. The Bertz CT molecular complexity index is 1200. The fraction of sp³-hybridized carbons (Fsp3) is 0.136. The lowest BCUT2D eigenvalue weighted by atomic mass is 10.1. The normalized spacial score (nSPS) is 10.7. The number of hydrogen-bond acceptors (Lipinski definition) is 5. The number of aryl methyl sites for hydroxylation is 1. The summed E-state index contributed by atoms with van der Waals surface area (Å²) >= 11 is 0. The van der Waals surface area contributed by atoms with Gasteiger partial charge in [0.05, 0.1) is 25.5 Å². The van der Waals surface area contributed by atoms with E-state index in [1.807, 2.05) is 47.9 Å². The molecule has 0 saturated carbocycles. The van der Waals surface area contributed by atoms with Crippen LogP contribution in [0.25, 0.3) is 17.0 Å². The van der Waals surface area contributed by atoms with Gasteiger partial charge < -0.3 is 14.8 Å². The third kappa shape index (κ3) is 3.38. The summed E-state index contributed by atoms with van der Waals surface area (Å²) in [6.07, 6.45) is 3.64. The molecule has 7 heteroatoms. The molecule has 0 aliphatic rings. The molecule has 0 fully saturated rings. The molecular formula is C22H20N4O3. The second kappa shape index (κ2) is 7.63. The van der Waals surface area contributed by atoms with Gasteiger partial charge in [-0.3, -0.25) is 9.20 Å². The third-order valence-electron chi connectivity index (χ3n) is 4.68. The summed E-state index contributed by atoms with van der Waals surface area (Å²) in [6.45, 7) is 1.99. The van der Waals surface area contributed by atoms with Crippen molar-refractivity contribution in [2.75, 3.05) is 19.5 Å². The zero-order valence-corrected chi connectivity index (χ0v) is 16.3. The molecule has 0 atom stereocenters. The van der Waals surface area contributed by atoms with E-state index in [-0.39, 0.29) is 5.91 Å². The SMILES string of the molecule is COc1cccc(C(=O)Nc2cccc(-c3nc4ncccn4c3C)c2)c1OC. The molecule has 4 rings (SSSR count). The number of ether oxygens (including phenoxy) is 2. The molecule has 2 aromatic heterocycles. The van der Waals surface area contributed by atoms with Crippen LogP contribution in [0.2, 0.25) is 0 Å². The van der Waals surface area contributed by atoms with Gasteiger partial charge in [-0.2, -0.15) is 0 Å². The summed E-state index contributed by atoms with van der Waals surface area (Å²) in [5, 5.41) is 2.92. The summed E-state index contributed by atoms with van der Waals surface area (Å²) in [5.74, 6) is 1.24. The van der Waals surface area contributed by atoms with Crippen molar-refractivity contribution in [2.45, 2.75) is 6.92 Å². The lowest BCUT2D eigenvalue weighted by Crippen LogP contribution is -2.13. The van der Waals surface area contributed by atoms with E-state index in [1.165, 1.54) is 14.2 Å². The molecule has 2 aromatic carbocycles. The Morgan fingerprint density at radius 2 is 1.90 bits per heavy atom. The third-order valence-corrected chi connectivity index (χ3v) is 4.68. The van der Waals surface area contributed by atoms with Gasteiger partial charge in [-0.05, 0) is 37.3 Å². The van der Waals surface area contributed by atoms with Crippen molar-refractivity contribution in [3.8, 4) is 22.8 Å². The Hall–Kier alpha value is -3.87. The maximum absolute atomic E-state index is 12.8. The largest absolute Gasteiger partial charge is 0.493 e. The highest BCUT2D eigenvalue weighted by Gasteiger charge is 2.17. The summed E-state index contributed by atoms with van der Waals surface area (Å²) < 4.78 is 12.6. The topological polar surface area (TPSA) is 77.8 Å². The number of carbonyl (C=O) groups is 1. The number of methoxy groups -OCH3 is 2. The summed E-state index contributed by atoms with van der Waals surface area (Å²) in [7, 11) is 3.05. The van der Waals surface area contributed by atoms with Crippen LogP contribution < -0.4 is 14.8 Å². The number of benzene rings is 2. The van der Waals surface area contributed by atoms with Crippen LogP contribution in [-0.4, -0.2) is 34.5 Å². The van der Waals surface area contributed by atoms with E-state index in [2.05, 4.69) is 15.3 Å². The van der Waals surface area contributed by atoms with Gasteiger partial charge in [-0.25, -0.2) is 9.97 Å². The zero-order chi connectivity index (χ0) is 20.4. The van der Waals surface area contributed by atoms with Gasteiger partial charge in [-0.15, -0.1) is 0 Å². The van der Waals surface area contributed by atoms with Gasteiger partial charge in [-0.1, -0.05) is 18.2 Å². The number of carbonyl (C=O) groups excluding carboxylic acids is 1. The second-order valence-electron chi connectivity index (χ2n) is 6.41. The molecule has 0 aliphatic carbocycles. The molecular weight excluding hydrogens is 368 g/mol. The molecule has 146 valence electrons. The molecule has 0 unspecified atom stereocenters. The van der Waals surface area contributed by atoms with E-state index >= 15 is 0 Å². The minimum Gasteiger partial charge on any atom is -0.493 e. The van der Waals surface area contributed by atoms with E-state index in [1.54, 1.807) is 24.4 Å². The maximum atomic E-state index is 12.8. The predicted molar refractivity (Wildman–Crippen MR) is 111 cm³/mol. The highest BCUT2D eigenvalue weighted by Crippen LogP contribution is 2.31. The number of nitrogens with one attached hydrogen (secondary N) is 1. The molecule has 0 bridgehead atoms. The lowest BCUT2D eigenvalue weighted by Gasteiger charge is -2.13. The molecule has 1 amide bonds. The van der Waals surface area contributed by atoms with Crippen LogP contribution in [0.3, 0.4) is 0 Å². The van der Waals surface area contributed by atoms with Crippen LogP contribution in [0, 0.1) is 6.92 Å². The molecule has 4 aromatic rings. The van der Waals surface area contributed by atoms with Crippen LogP contribution in [0.4, 0.5) is 5.69 Å². The first-order valence-electron chi connectivity index (χ1n) is 9.05. The highest BCUT2D eigenvalue weighted by molar-refractivity contribution is 6.07. The number of aromatic nitrogens is 3. The molecule has 1 N–H and O–H groups in total. The molecule has 2 heterocycles. The van der Waals surface area contributed by atoms with Gasteiger partial charge in [0.15, 0.2) is 11.5 Å². The van der Waals surface area contributed by atoms with Gasteiger partial charge >= 0.3 is 0 Å². The maximum Gasteiger partial charge on any atom is 0.259 e. The van der Waals surface area contributed by atoms with E-state index in [4.69, 9.17) is 9.47 Å². The van der Waals surface area contributed by atoms with Crippen LogP contribution in [-0.2, 0) is 0 Å². The number of imidazole rings is 1. The monoisotopic (exact) mass is 388 g/mol. The molecule has 0 radical (unpaired) electrons. The number of fused-ring (bicyclic) bond motifs is 1. The fourth-order valence-corrected chi connectivity index (χ4v) is 3.28. The van der Waals surface area contributed by atoms with Crippen molar-refractivity contribution in [2.24, 2.45) is 0 Å². The first-order chi connectivity index (χ1) is 14.1. The van der Waals surface area contributed by atoms with E-state index < -0.39 is 0 Å². The second-order valence-corrected chi connectivity index (χ2v) is 6.41. The van der Waals surface area contributed by atoms with Crippen LogP contribution in [0.5, 0.6) is 11.5 Å². The Morgan fingerprint density at radius 3 is 2.66 bits per heavy atom. The van der Waals surface area contributed by atoms with Crippen molar-refractivity contribution in [1.82, 2.24) is 14.4 Å². The summed E-state index contributed by atoms with van der Waals surface area (Å²) in [6, 6.07) is 14.6. The van der Waals surface area contributed by atoms with Crippen LogP contribution in [0.1, 0.15) is 16.1 Å². The van der Waals surface area contributed by atoms with Gasteiger partial charge in [0.1, 0.15) is 0 Å². The molecule has 7 nitrogen and oxygen atoms in total. The average Bonchev–Trinajstić information content (AvgIpc) is 3.10. The van der Waals surface area contributed by atoms with Crippen molar-refractivity contribution >= 4 is 17.4 Å². The number of anilines is 1. The summed E-state index contributed by atoms with van der Waals surface area (Å²) in [5.41, 5.74) is 3.74. The molecule has 0 spiro atoms. The Morgan fingerprint density at radius 1 is 1.07 bits per heavy atom. The Kier molecular flexibility index (Phi) is 4.87. The zero-order valence-electron chi connectivity index (χ0n) is 16.3. The summed E-state index contributed by atoms with van der Waals surface area (Å²) in [4.78, 5) is 21.7. The van der Waals surface area contributed by atoms with Crippen molar-refractivity contribution in [1.29, 1.82) is 0 Å². The average molecular weight is 388 g/mol. The van der Waals surface area contributed by atoms with Crippen LogP contribution >= 0.6 is 0 Å². The van der Waals surface area contributed by atoms with E-state index in [0.29, 0.717) is 28.5 Å². The quantitative estimate of drug-likeness (QED) is 0.560. The fourth-order valence-electron chi connectivity index (χ4n) is 3.28. The number of hydrogen-bond donors (Lipinski definition) is 1. The predicted octanol–water partition coefficient (Wildman–Crippen LogP) is 3.97. The molecule has 0 saturated heterocycles. The van der Waals surface area contributed by atoms with Crippen LogP contribution in [0.15, 0.2) is 60.9 Å². The van der Waals surface area contributed by atoms with Gasteiger partial charge in [0.2, 0.25) is 5.78 Å². The van der Waals surface area contributed by atoms with Gasteiger partial charge in [0, 0.05) is 29.3 Å². The van der Waals surface area contributed by atoms with E-state index in [9.17, 15) is 4.79 Å². The van der Waals surface area contributed by atoms with Crippen molar-refractivity contribution in [3.63, 3.8) is 0 Å². The minimum absolute atomic E-state index is 0.286. The minimum atomic E-state index is -0.286. The van der Waals surface area contributed by atoms with Crippen molar-refractivity contribution in [3.05, 3.63) is 72.2 Å². The van der Waals surface area contributed by atoms with Crippen molar-refractivity contribution < 1.29 is 14.3 Å². The Balaban J connectivity index is 1.66. The van der Waals surface area contributed by atoms with Gasteiger partial charge in [0.25, 0.3) is 5.91 Å². The first kappa shape index (κ1) is 18.5. The molecule has 29 heavy (non-hydrogen) atoms. The molecule has 0 aliphatic heterocycles. The lowest BCUT2D eigenvalue weighted by molar-refractivity contribution is 0.102. The number of rotatable bonds is 5.